The molecule has 10 nitrogen and oxygen atoms in total. The molecule has 0 aliphatic rings. The SMILES string of the molecule is C.Cc1ccc(N=Nc2c(SOO[O-])cc3cc(S(=O)(=O)[O-])cc(N)c3c2O)c(C)c1.[Na+].[Na+]. The number of nitrogens with two attached hydrogens (primary N) is 1. The molecule has 33 heavy (non-hydrogen) atoms. The van der Waals surface area contributed by atoms with Crippen molar-refractivity contribution in [1.82, 2.24) is 0 Å². The molecule has 3 aromatic carbocycles. The Bertz CT molecular complexity index is 1270. The molecule has 3 N–H and O–H groups in total. The van der Waals surface area contributed by atoms with Crippen molar-refractivity contribution in [2.24, 2.45) is 10.2 Å². The molecule has 3 rings (SSSR count). The van der Waals surface area contributed by atoms with Gasteiger partial charge in [-0.15, -0.1) is 5.11 Å². The van der Waals surface area contributed by atoms with Crippen molar-refractivity contribution in [2.45, 2.75) is 31.1 Å². The molecule has 3 aromatic rings. The number of phenolic OH excluding ortho intramolecular Hbond substituents is 1. The summed E-state index contributed by atoms with van der Waals surface area (Å²) in [6, 6.07) is 8.81. The van der Waals surface area contributed by atoms with Crippen LogP contribution in [0.4, 0.5) is 17.1 Å². The monoisotopic (exact) mass is 511 g/mol. The number of phenols is 1. The van der Waals surface area contributed by atoms with Gasteiger partial charge in [0.1, 0.15) is 15.8 Å². The molecule has 14 heteroatoms. The van der Waals surface area contributed by atoms with Crippen molar-refractivity contribution in [3.63, 3.8) is 0 Å². The van der Waals surface area contributed by atoms with E-state index in [1.807, 2.05) is 26.0 Å². The van der Waals surface area contributed by atoms with Crippen LogP contribution in [0.2, 0.25) is 0 Å². The largest absolute Gasteiger partial charge is 1.00 e. The number of hydrogen-bond acceptors (Lipinski definition) is 11. The van der Waals surface area contributed by atoms with Crippen LogP contribution in [0.1, 0.15) is 18.6 Å². The summed E-state index contributed by atoms with van der Waals surface area (Å²) in [5.41, 5.74) is 8.05. The van der Waals surface area contributed by atoms with E-state index in [2.05, 4.69) is 19.6 Å². The van der Waals surface area contributed by atoms with Crippen LogP contribution in [-0.2, 0) is 19.5 Å². The number of fused-ring (bicyclic) bond motifs is 1. The maximum absolute atomic E-state index is 11.4. The van der Waals surface area contributed by atoms with Crippen molar-refractivity contribution >= 4 is 50.0 Å². The summed E-state index contributed by atoms with van der Waals surface area (Å²) in [5, 5.41) is 32.7. The third-order valence-electron chi connectivity index (χ3n) is 4.20. The molecule has 166 valence electrons. The molecule has 0 aromatic heterocycles. The Hall–Kier alpha value is -0.740. The fourth-order valence-corrected chi connectivity index (χ4v) is 3.90. The number of aromatic hydroxyl groups is 1. The van der Waals surface area contributed by atoms with Gasteiger partial charge >= 0.3 is 59.1 Å². The summed E-state index contributed by atoms with van der Waals surface area (Å²) >= 11 is 0.420. The van der Waals surface area contributed by atoms with Crippen molar-refractivity contribution in [3.05, 3.63) is 47.5 Å². The molecule has 0 atom stereocenters. The molecule has 0 heterocycles. The minimum absolute atomic E-state index is 0. The molecule has 0 aliphatic carbocycles. The Balaban J connectivity index is 0.00000341. The Morgan fingerprint density at radius 1 is 1.09 bits per heavy atom. The van der Waals surface area contributed by atoms with Crippen LogP contribution in [0.3, 0.4) is 0 Å². The summed E-state index contributed by atoms with van der Waals surface area (Å²) in [4.78, 5) is -0.502. The number of nitrogens with zero attached hydrogens (tertiary/aromatic N) is 2. The maximum Gasteiger partial charge on any atom is 1.00 e. The Morgan fingerprint density at radius 3 is 2.33 bits per heavy atom. The third-order valence-corrected chi connectivity index (χ3v) is 5.63. The first-order valence-corrected chi connectivity index (χ1v) is 10.4. The van der Waals surface area contributed by atoms with Gasteiger partial charge in [0.15, 0.2) is 5.75 Å². The van der Waals surface area contributed by atoms with Gasteiger partial charge in [-0.25, -0.2) is 8.42 Å². The van der Waals surface area contributed by atoms with Gasteiger partial charge in [-0.2, -0.15) is 9.45 Å². The molecule has 0 aliphatic heterocycles. The van der Waals surface area contributed by atoms with Crippen LogP contribution in [0.5, 0.6) is 5.75 Å². The molecule has 0 spiro atoms. The summed E-state index contributed by atoms with van der Waals surface area (Å²) in [6.45, 7) is 3.77. The first-order valence-electron chi connectivity index (χ1n) is 8.29. The topological polar surface area (TPSA) is 170 Å². The molecule has 0 bridgehead atoms. The van der Waals surface area contributed by atoms with Gasteiger partial charge in [0.25, 0.3) is 0 Å². The second-order valence-corrected chi connectivity index (χ2v) is 8.47. The van der Waals surface area contributed by atoms with Crippen LogP contribution >= 0.6 is 12.0 Å². The molecule has 0 amide bonds. The standard InChI is InChI=1S/C18H17N3O7S2.CH4.2Na/c1-9-3-4-14(10(2)5-9)20-21-17-15(29-28-27-23)7-11-6-12(30(24,25)26)8-13(19)16(11)18(17)22;;;/h3-8,22-23H,19H2,1-2H3,(H,24,25,26);1H4;;/q;;2*+1/p-2. The van der Waals surface area contributed by atoms with Crippen LogP contribution < -0.4 is 70.1 Å². The Morgan fingerprint density at radius 2 is 1.76 bits per heavy atom. The smallest absolute Gasteiger partial charge is 0.744 e. The average Bonchev–Trinajstić information content (AvgIpc) is 2.65. The van der Waals surface area contributed by atoms with Gasteiger partial charge in [0.2, 0.25) is 0 Å². The van der Waals surface area contributed by atoms with E-state index in [9.17, 15) is 23.3 Å². The number of aryl methyl sites for hydroxylation is 2. The summed E-state index contributed by atoms with van der Waals surface area (Å²) in [7, 11) is -4.79. The van der Waals surface area contributed by atoms with Gasteiger partial charge < -0.3 is 20.7 Å². The Kier molecular flexibility index (Phi) is 13.1. The third kappa shape index (κ3) is 7.62. The quantitative estimate of drug-likeness (QED) is 0.0718. The number of rotatable bonds is 6. The fourth-order valence-electron chi connectivity index (χ4n) is 2.87. The van der Waals surface area contributed by atoms with Gasteiger partial charge in [0, 0.05) is 11.1 Å². The van der Waals surface area contributed by atoms with Crippen LogP contribution in [0, 0.1) is 13.8 Å². The van der Waals surface area contributed by atoms with E-state index >= 15 is 0 Å². The van der Waals surface area contributed by atoms with Gasteiger partial charge in [-0.1, -0.05) is 25.1 Å². The number of azo groups is 1. The van der Waals surface area contributed by atoms with E-state index in [1.165, 1.54) is 6.07 Å². The van der Waals surface area contributed by atoms with Crippen molar-refractivity contribution in [3.8, 4) is 5.75 Å². The van der Waals surface area contributed by atoms with E-state index in [0.717, 1.165) is 23.3 Å². The van der Waals surface area contributed by atoms with Crippen molar-refractivity contribution < 1.29 is 91.8 Å². The van der Waals surface area contributed by atoms with Crippen molar-refractivity contribution in [1.29, 1.82) is 0 Å². The number of hydrogen-bond donors (Lipinski definition) is 2. The van der Waals surface area contributed by atoms with Crippen LogP contribution in [0.25, 0.3) is 10.8 Å². The predicted molar refractivity (Wildman–Crippen MR) is 113 cm³/mol. The van der Waals surface area contributed by atoms with E-state index < -0.39 is 20.8 Å². The summed E-state index contributed by atoms with van der Waals surface area (Å²) in [5.74, 6) is -0.439. The second-order valence-electron chi connectivity index (χ2n) is 6.35. The van der Waals surface area contributed by atoms with E-state index in [1.54, 1.807) is 6.07 Å². The minimum Gasteiger partial charge on any atom is -0.744 e. The summed E-state index contributed by atoms with van der Waals surface area (Å²) in [6.07, 6.45) is 0. The van der Waals surface area contributed by atoms with E-state index in [-0.39, 0.29) is 93.6 Å². The Labute approximate surface area is 240 Å². The van der Waals surface area contributed by atoms with Gasteiger partial charge in [0.05, 0.1) is 27.5 Å². The summed E-state index contributed by atoms with van der Waals surface area (Å²) < 4.78 is 38.4. The zero-order chi connectivity index (χ0) is 22.1. The first kappa shape index (κ1) is 32.3. The maximum atomic E-state index is 11.4. The zero-order valence-corrected chi connectivity index (χ0v) is 23.3. The number of anilines is 1. The van der Waals surface area contributed by atoms with E-state index in [0.29, 0.717) is 17.7 Å². The molecular formula is C19H19N3Na2O7S2. The molecular weight excluding hydrogens is 492 g/mol. The predicted octanol–water partition coefficient (Wildman–Crippen LogP) is -2.06. The number of benzene rings is 3. The van der Waals surface area contributed by atoms with Crippen LogP contribution in [-0.4, -0.2) is 18.1 Å². The van der Waals surface area contributed by atoms with Gasteiger partial charge in [-0.05, 0) is 49.1 Å². The van der Waals surface area contributed by atoms with Crippen molar-refractivity contribution in [2.75, 3.05) is 5.73 Å². The zero-order valence-electron chi connectivity index (χ0n) is 17.6. The normalized spacial score (nSPS) is 11.0. The molecule has 0 unspecified atom stereocenters. The van der Waals surface area contributed by atoms with Crippen LogP contribution in [0.15, 0.2) is 56.4 Å². The van der Waals surface area contributed by atoms with Gasteiger partial charge in [-0.3, -0.25) is 5.04 Å². The second kappa shape index (κ2) is 13.4. The molecule has 0 radical (unpaired) electrons. The molecule has 0 saturated carbocycles. The number of nitrogen functional groups attached to an aromatic ring is 1. The fraction of sp³-hybridized carbons (Fsp3) is 0.158. The average molecular weight is 511 g/mol. The minimum atomic E-state index is -4.79. The molecule has 0 saturated heterocycles. The van der Waals surface area contributed by atoms with E-state index in [4.69, 9.17) is 5.73 Å². The molecule has 0 fully saturated rings. The first-order chi connectivity index (χ1) is 14.1.